The van der Waals surface area contributed by atoms with E-state index in [-0.39, 0.29) is 17.2 Å². The molecule has 1 N–H and O–H groups in total. The van der Waals surface area contributed by atoms with E-state index in [1.807, 2.05) is 0 Å². The summed E-state index contributed by atoms with van der Waals surface area (Å²) < 4.78 is 5.71. The topological polar surface area (TPSA) is 63.6 Å². The molecule has 4 heteroatoms. The molecule has 0 bridgehead atoms. The number of benzene rings is 1. The highest BCUT2D eigenvalue weighted by atomic mass is 16.5. The van der Waals surface area contributed by atoms with Crippen molar-refractivity contribution in [2.24, 2.45) is 17.8 Å². The zero-order valence-electron chi connectivity index (χ0n) is 13.4. The summed E-state index contributed by atoms with van der Waals surface area (Å²) in [7, 11) is 0. The van der Waals surface area contributed by atoms with Gasteiger partial charge in [0, 0.05) is 0 Å². The first-order chi connectivity index (χ1) is 10.4. The van der Waals surface area contributed by atoms with E-state index in [0.29, 0.717) is 17.8 Å². The molecule has 1 saturated carbocycles. The summed E-state index contributed by atoms with van der Waals surface area (Å²) in [5, 5.41) is 9.19. The molecule has 0 amide bonds. The molecule has 120 valence electrons. The average Bonchev–Trinajstić information content (AvgIpc) is 2.46. The number of ether oxygens (including phenoxy) is 1. The molecule has 0 aromatic heterocycles. The van der Waals surface area contributed by atoms with Crippen molar-refractivity contribution in [1.82, 2.24) is 0 Å². The van der Waals surface area contributed by atoms with E-state index in [4.69, 9.17) is 4.74 Å². The normalized spacial score (nSPS) is 25.0. The third-order valence-corrected chi connectivity index (χ3v) is 4.60. The van der Waals surface area contributed by atoms with E-state index in [1.54, 1.807) is 12.1 Å². The van der Waals surface area contributed by atoms with Gasteiger partial charge in [-0.05, 0) is 42.7 Å². The fraction of sp³-hybridized carbons (Fsp3) is 0.556. The number of rotatable bonds is 4. The molecular weight excluding hydrogens is 280 g/mol. The van der Waals surface area contributed by atoms with Crippen molar-refractivity contribution in [3.8, 4) is 0 Å². The van der Waals surface area contributed by atoms with Gasteiger partial charge in [-0.1, -0.05) is 39.3 Å². The Morgan fingerprint density at radius 3 is 2.41 bits per heavy atom. The highest BCUT2D eigenvalue weighted by Gasteiger charge is 2.34. The molecule has 1 aliphatic carbocycles. The second kappa shape index (κ2) is 6.95. The van der Waals surface area contributed by atoms with E-state index in [2.05, 4.69) is 20.8 Å². The first-order valence-electron chi connectivity index (χ1n) is 7.93. The van der Waals surface area contributed by atoms with Crippen LogP contribution in [0, 0.1) is 17.8 Å². The lowest BCUT2D eigenvalue weighted by molar-refractivity contribution is -0.0176. The molecule has 0 spiro atoms. The number of hydrogen-bond donors (Lipinski definition) is 1. The maximum Gasteiger partial charge on any atom is 0.339 e. The first kappa shape index (κ1) is 16.5. The van der Waals surface area contributed by atoms with Crippen LogP contribution in [0.25, 0.3) is 0 Å². The number of aromatic carboxylic acids is 1. The monoisotopic (exact) mass is 304 g/mol. The van der Waals surface area contributed by atoms with Crippen molar-refractivity contribution in [3.05, 3.63) is 35.4 Å². The van der Waals surface area contributed by atoms with Crippen LogP contribution in [0.5, 0.6) is 0 Å². The summed E-state index contributed by atoms with van der Waals surface area (Å²) in [6.45, 7) is 6.46. The number of carboxylic acid groups (broad SMARTS) is 1. The Morgan fingerprint density at radius 1 is 1.18 bits per heavy atom. The molecule has 2 rings (SSSR count). The van der Waals surface area contributed by atoms with Crippen molar-refractivity contribution in [2.45, 2.75) is 46.1 Å². The van der Waals surface area contributed by atoms with Crippen LogP contribution in [0.1, 0.15) is 60.7 Å². The Hall–Kier alpha value is -1.84. The van der Waals surface area contributed by atoms with E-state index >= 15 is 0 Å². The van der Waals surface area contributed by atoms with Gasteiger partial charge in [0.1, 0.15) is 6.10 Å². The van der Waals surface area contributed by atoms with Crippen LogP contribution in [0.4, 0.5) is 0 Å². The molecule has 0 radical (unpaired) electrons. The van der Waals surface area contributed by atoms with Gasteiger partial charge in [-0.25, -0.2) is 9.59 Å². The van der Waals surface area contributed by atoms with Crippen LogP contribution in [0.2, 0.25) is 0 Å². The lowest BCUT2D eigenvalue weighted by Gasteiger charge is -2.36. The minimum Gasteiger partial charge on any atom is -0.478 e. The highest BCUT2D eigenvalue weighted by Crippen LogP contribution is 2.35. The van der Waals surface area contributed by atoms with E-state index in [9.17, 15) is 14.7 Å². The van der Waals surface area contributed by atoms with Crippen LogP contribution in [0.15, 0.2) is 24.3 Å². The molecule has 1 fully saturated rings. The number of carbonyl (C=O) groups is 2. The SMILES string of the molecule is CC1CCC(C(C)C)[C@@H](OC(=O)c2ccccc2C(=O)O)C1. The third kappa shape index (κ3) is 3.67. The van der Waals surface area contributed by atoms with Crippen LogP contribution in [0.3, 0.4) is 0 Å². The number of esters is 1. The van der Waals surface area contributed by atoms with Gasteiger partial charge >= 0.3 is 11.9 Å². The molecule has 1 aromatic carbocycles. The summed E-state index contributed by atoms with van der Waals surface area (Å²) in [5.41, 5.74) is 0.133. The number of carboxylic acids is 1. The van der Waals surface area contributed by atoms with Gasteiger partial charge in [0.2, 0.25) is 0 Å². The molecule has 0 saturated heterocycles. The Labute approximate surface area is 131 Å². The molecule has 0 heterocycles. The van der Waals surface area contributed by atoms with Crippen molar-refractivity contribution < 1.29 is 19.4 Å². The minimum absolute atomic E-state index is 0.00236. The Bertz CT molecular complexity index is 550. The van der Waals surface area contributed by atoms with Gasteiger partial charge in [0.25, 0.3) is 0 Å². The van der Waals surface area contributed by atoms with Gasteiger partial charge in [-0.2, -0.15) is 0 Å². The largest absolute Gasteiger partial charge is 0.478 e. The minimum atomic E-state index is -1.11. The summed E-state index contributed by atoms with van der Waals surface area (Å²) in [6.07, 6.45) is 2.93. The molecule has 0 aliphatic heterocycles. The van der Waals surface area contributed by atoms with Crippen molar-refractivity contribution in [1.29, 1.82) is 0 Å². The molecule has 22 heavy (non-hydrogen) atoms. The Kier molecular flexibility index (Phi) is 5.22. The van der Waals surface area contributed by atoms with E-state index in [0.717, 1.165) is 19.3 Å². The molecule has 1 aromatic rings. The van der Waals surface area contributed by atoms with Crippen molar-refractivity contribution in [3.63, 3.8) is 0 Å². The number of hydrogen-bond acceptors (Lipinski definition) is 3. The van der Waals surface area contributed by atoms with Crippen molar-refractivity contribution in [2.75, 3.05) is 0 Å². The quantitative estimate of drug-likeness (QED) is 0.854. The van der Waals surface area contributed by atoms with Crippen LogP contribution < -0.4 is 0 Å². The lowest BCUT2D eigenvalue weighted by Crippen LogP contribution is -2.36. The summed E-state index contributed by atoms with van der Waals surface area (Å²) >= 11 is 0. The second-order valence-corrected chi connectivity index (χ2v) is 6.62. The average molecular weight is 304 g/mol. The molecule has 4 nitrogen and oxygen atoms in total. The zero-order chi connectivity index (χ0) is 16.3. The van der Waals surface area contributed by atoms with Crippen LogP contribution in [-0.4, -0.2) is 23.1 Å². The first-order valence-corrected chi connectivity index (χ1v) is 7.93. The van der Waals surface area contributed by atoms with Gasteiger partial charge in [0.15, 0.2) is 0 Å². The molecule has 1 aliphatic rings. The fourth-order valence-corrected chi connectivity index (χ4v) is 3.30. The fourth-order valence-electron chi connectivity index (χ4n) is 3.30. The van der Waals surface area contributed by atoms with Crippen molar-refractivity contribution >= 4 is 11.9 Å². The molecule has 3 atom stereocenters. The Morgan fingerprint density at radius 2 is 1.82 bits per heavy atom. The van der Waals surface area contributed by atoms with Crippen LogP contribution in [-0.2, 0) is 4.74 Å². The molecular formula is C18H24O4. The predicted molar refractivity (Wildman–Crippen MR) is 83.9 cm³/mol. The zero-order valence-corrected chi connectivity index (χ0v) is 13.4. The second-order valence-electron chi connectivity index (χ2n) is 6.62. The van der Waals surface area contributed by atoms with Gasteiger partial charge in [-0.3, -0.25) is 0 Å². The summed E-state index contributed by atoms with van der Waals surface area (Å²) in [5.74, 6) is -0.313. The Balaban J connectivity index is 2.18. The smallest absolute Gasteiger partial charge is 0.339 e. The van der Waals surface area contributed by atoms with Gasteiger partial charge in [0.05, 0.1) is 11.1 Å². The maximum absolute atomic E-state index is 12.4. The maximum atomic E-state index is 12.4. The highest BCUT2D eigenvalue weighted by molar-refractivity contribution is 6.02. The standard InChI is InChI=1S/C18H24O4/c1-11(2)13-9-8-12(3)10-16(13)22-18(21)15-7-5-4-6-14(15)17(19)20/h4-7,11-13,16H,8-10H2,1-3H3,(H,19,20)/t12?,13?,16-/m0/s1. The molecule has 2 unspecified atom stereocenters. The summed E-state index contributed by atoms with van der Waals surface area (Å²) in [6, 6.07) is 6.22. The number of carbonyl (C=O) groups excluding carboxylic acids is 1. The van der Waals surface area contributed by atoms with E-state index < -0.39 is 11.9 Å². The third-order valence-electron chi connectivity index (χ3n) is 4.60. The van der Waals surface area contributed by atoms with Gasteiger partial charge < -0.3 is 9.84 Å². The van der Waals surface area contributed by atoms with Gasteiger partial charge in [-0.15, -0.1) is 0 Å². The lowest BCUT2D eigenvalue weighted by atomic mass is 9.75. The predicted octanol–water partition coefficient (Wildman–Crippen LogP) is 4.00. The summed E-state index contributed by atoms with van der Waals surface area (Å²) in [4.78, 5) is 23.7. The van der Waals surface area contributed by atoms with Crippen LogP contribution >= 0.6 is 0 Å². The van der Waals surface area contributed by atoms with E-state index in [1.165, 1.54) is 12.1 Å².